The molecule has 3 rings (SSSR count). The summed E-state index contributed by atoms with van der Waals surface area (Å²) in [5, 5.41) is 15.5. The maximum Gasteiger partial charge on any atom is 0.236 e. The van der Waals surface area contributed by atoms with Gasteiger partial charge in [0.15, 0.2) is 5.17 Å². The molecular formula is C14H13N5OS. The highest BCUT2D eigenvalue weighted by Crippen LogP contribution is 2.17. The Labute approximate surface area is 126 Å². The number of benzene rings is 1. The van der Waals surface area contributed by atoms with Crippen molar-refractivity contribution in [2.24, 2.45) is 17.3 Å². The highest BCUT2D eigenvalue weighted by molar-refractivity contribution is 8.15. The van der Waals surface area contributed by atoms with Crippen molar-refractivity contribution < 1.29 is 4.79 Å². The number of nitrogens with one attached hydrogen (secondary N) is 1. The summed E-state index contributed by atoms with van der Waals surface area (Å²) in [6.07, 6.45) is 3.56. The Balaban J connectivity index is 1.76. The molecule has 1 aromatic carbocycles. The van der Waals surface area contributed by atoms with E-state index in [0.717, 1.165) is 16.8 Å². The quantitative estimate of drug-likeness (QED) is 0.692. The number of hydrogen-bond acceptors (Lipinski definition) is 5. The smallest absolute Gasteiger partial charge is 0.236 e. The third kappa shape index (κ3) is 3.38. The van der Waals surface area contributed by atoms with Crippen molar-refractivity contribution in [2.45, 2.75) is 0 Å². The summed E-state index contributed by atoms with van der Waals surface area (Å²) in [6, 6.07) is 9.84. The van der Waals surface area contributed by atoms with Crippen molar-refractivity contribution in [1.29, 1.82) is 0 Å². The van der Waals surface area contributed by atoms with Gasteiger partial charge in [0.05, 0.1) is 17.7 Å². The number of thioether (sulfide) groups is 1. The number of rotatable bonds is 3. The third-order valence-electron chi connectivity index (χ3n) is 2.84. The van der Waals surface area contributed by atoms with Crippen molar-refractivity contribution in [3.8, 4) is 11.3 Å². The van der Waals surface area contributed by atoms with Gasteiger partial charge in [-0.3, -0.25) is 9.48 Å². The van der Waals surface area contributed by atoms with Gasteiger partial charge in [-0.15, -0.1) is 5.10 Å². The summed E-state index contributed by atoms with van der Waals surface area (Å²) in [4.78, 5) is 11.0. The zero-order valence-electron chi connectivity index (χ0n) is 11.4. The number of aromatic nitrogens is 2. The van der Waals surface area contributed by atoms with Crippen molar-refractivity contribution in [3.63, 3.8) is 0 Å². The van der Waals surface area contributed by atoms with Gasteiger partial charge in [0, 0.05) is 18.8 Å². The average molecular weight is 299 g/mol. The summed E-state index contributed by atoms with van der Waals surface area (Å²) in [5.74, 6) is 0.370. The zero-order valence-corrected chi connectivity index (χ0v) is 12.2. The first kappa shape index (κ1) is 13.6. The van der Waals surface area contributed by atoms with E-state index in [2.05, 4.69) is 20.6 Å². The lowest BCUT2D eigenvalue weighted by Gasteiger charge is -1.98. The minimum absolute atomic E-state index is 0.0360. The fourth-order valence-electron chi connectivity index (χ4n) is 1.87. The molecular weight excluding hydrogens is 286 g/mol. The average Bonchev–Trinajstić information content (AvgIpc) is 3.08. The van der Waals surface area contributed by atoms with Crippen LogP contribution in [-0.4, -0.2) is 32.8 Å². The number of carbonyl (C=O) groups is 1. The standard InChI is InChI=1S/C14H13N5OS/c1-19-6-5-12(18-19)11-4-2-3-10(7-11)8-15-17-14-16-13(20)9-21-14/h2-8H,9H2,1H3,(H,16,17,20). The summed E-state index contributed by atoms with van der Waals surface area (Å²) in [7, 11) is 1.89. The molecule has 21 heavy (non-hydrogen) atoms. The lowest BCUT2D eigenvalue weighted by molar-refractivity contribution is -0.116. The number of carbonyl (C=O) groups excluding carboxylic acids is 1. The minimum Gasteiger partial charge on any atom is -0.303 e. The van der Waals surface area contributed by atoms with E-state index in [-0.39, 0.29) is 5.91 Å². The first-order chi connectivity index (χ1) is 10.2. The van der Waals surface area contributed by atoms with E-state index in [4.69, 9.17) is 0 Å². The van der Waals surface area contributed by atoms with Crippen LogP contribution in [-0.2, 0) is 11.8 Å². The Bertz CT molecular complexity index is 734. The molecule has 6 nitrogen and oxygen atoms in total. The van der Waals surface area contributed by atoms with Gasteiger partial charge in [-0.05, 0) is 17.7 Å². The molecule has 1 fully saturated rings. The maximum absolute atomic E-state index is 11.0. The molecule has 1 N–H and O–H groups in total. The number of amides is 1. The molecule has 0 bridgehead atoms. The van der Waals surface area contributed by atoms with Crippen LogP contribution in [0, 0.1) is 0 Å². The van der Waals surface area contributed by atoms with E-state index >= 15 is 0 Å². The number of hydrogen-bond donors (Lipinski definition) is 1. The molecule has 1 aliphatic heterocycles. The predicted octanol–water partition coefficient (Wildman–Crippen LogP) is 1.64. The summed E-state index contributed by atoms with van der Waals surface area (Å²) in [6.45, 7) is 0. The highest BCUT2D eigenvalue weighted by atomic mass is 32.2. The van der Waals surface area contributed by atoms with E-state index in [1.165, 1.54) is 11.8 Å². The maximum atomic E-state index is 11.0. The highest BCUT2D eigenvalue weighted by Gasteiger charge is 2.15. The molecule has 0 unspecified atom stereocenters. The Kier molecular flexibility index (Phi) is 3.83. The molecule has 1 amide bonds. The second kappa shape index (κ2) is 5.92. The van der Waals surface area contributed by atoms with E-state index < -0.39 is 0 Å². The molecule has 0 saturated carbocycles. The van der Waals surface area contributed by atoms with E-state index in [9.17, 15) is 4.79 Å². The van der Waals surface area contributed by atoms with Crippen LogP contribution in [0.25, 0.3) is 11.3 Å². The molecule has 0 aliphatic carbocycles. The molecule has 0 radical (unpaired) electrons. The van der Waals surface area contributed by atoms with Crippen LogP contribution in [0.2, 0.25) is 0 Å². The second-order valence-corrected chi connectivity index (χ2v) is 5.45. The lowest BCUT2D eigenvalue weighted by Crippen LogP contribution is -2.19. The number of aryl methyl sites for hydroxylation is 1. The molecule has 0 atom stereocenters. The first-order valence-corrected chi connectivity index (χ1v) is 7.33. The number of amidine groups is 1. The molecule has 106 valence electrons. The van der Waals surface area contributed by atoms with Gasteiger partial charge >= 0.3 is 0 Å². The van der Waals surface area contributed by atoms with Crippen LogP contribution in [0.4, 0.5) is 0 Å². The fraction of sp³-hybridized carbons (Fsp3) is 0.143. The monoisotopic (exact) mass is 299 g/mol. The third-order valence-corrected chi connectivity index (χ3v) is 3.70. The van der Waals surface area contributed by atoms with Crippen LogP contribution in [0.3, 0.4) is 0 Å². The van der Waals surface area contributed by atoms with Crippen molar-refractivity contribution in [2.75, 3.05) is 5.75 Å². The molecule has 7 heteroatoms. The molecule has 2 heterocycles. The summed E-state index contributed by atoms with van der Waals surface area (Å²) < 4.78 is 1.77. The normalized spacial score (nSPS) is 16.8. The van der Waals surface area contributed by atoms with Crippen LogP contribution in [0.5, 0.6) is 0 Å². The van der Waals surface area contributed by atoms with Crippen molar-refractivity contribution in [3.05, 3.63) is 42.1 Å². The van der Waals surface area contributed by atoms with Crippen molar-refractivity contribution >= 4 is 29.1 Å². The van der Waals surface area contributed by atoms with Gasteiger partial charge in [-0.25, -0.2) is 0 Å². The summed E-state index contributed by atoms with van der Waals surface area (Å²) in [5.41, 5.74) is 2.87. The van der Waals surface area contributed by atoms with Gasteiger partial charge in [-0.2, -0.15) is 10.2 Å². The van der Waals surface area contributed by atoms with Gasteiger partial charge in [-0.1, -0.05) is 30.0 Å². The Hall–Kier alpha value is -2.41. The topological polar surface area (TPSA) is 71.6 Å². The summed E-state index contributed by atoms with van der Waals surface area (Å²) >= 11 is 1.35. The Morgan fingerprint density at radius 3 is 3.05 bits per heavy atom. The van der Waals surface area contributed by atoms with Gasteiger partial charge < -0.3 is 5.32 Å². The number of nitrogens with zero attached hydrogens (tertiary/aromatic N) is 4. The van der Waals surface area contributed by atoms with Gasteiger partial charge in [0.2, 0.25) is 5.91 Å². The van der Waals surface area contributed by atoms with Crippen LogP contribution >= 0.6 is 11.8 Å². The van der Waals surface area contributed by atoms with Crippen LogP contribution in [0.1, 0.15) is 5.56 Å². The SMILES string of the molecule is Cn1ccc(-c2cccc(C=NN=C3NC(=O)CS3)c2)n1. The zero-order chi connectivity index (χ0) is 14.7. The van der Waals surface area contributed by atoms with Crippen LogP contribution < -0.4 is 5.32 Å². The van der Waals surface area contributed by atoms with E-state index in [1.54, 1.807) is 10.9 Å². The Morgan fingerprint density at radius 1 is 1.43 bits per heavy atom. The van der Waals surface area contributed by atoms with Crippen LogP contribution in [0.15, 0.2) is 46.7 Å². The molecule has 1 saturated heterocycles. The second-order valence-electron chi connectivity index (χ2n) is 4.49. The minimum atomic E-state index is -0.0360. The fourth-order valence-corrected chi connectivity index (χ4v) is 2.51. The predicted molar refractivity (Wildman–Crippen MR) is 84.3 cm³/mol. The van der Waals surface area contributed by atoms with Gasteiger partial charge in [0.25, 0.3) is 0 Å². The lowest BCUT2D eigenvalue weighted by atomic mass is 10.1. The van der Waals surface area contributed by atoms with Gasteiger partial charge in [0.1, 0.15) is 0 Å². The molecule has 1 aliphatic rings. The largest absolute Gasteiger partial charge is 0.303 e. The van der Waals surface area contributed by atoms with E-state index in [0.29, 0.717) is 10.9 Å². The Morgan fingerprint density at radius 2 is 2.33 bits per heavy atom. The van der Waals surface area contributed by atoms with Crippen molar-refractivity contribution in [1.82, 2.24) is 15.1 Å². The molecule has 1 aromatic heterocycles. The van der Waals surface area contributed by atoms with E-state index in [1.807, 2.05) is 43.6 Å². The molecule has 0 spiro atoms. The first-order valence-electron chi connectivity index (χ1n) is 6.34. The molecule has 2 aromatic rings.